The fraction of sp³-hybridized carbons (Fsp3) is 0.333. The minimum absolute atomic E-state index is 0.0760. The zero-order valence-electron chi connectivity index (χ0n) is 18.4. The van der Waals surface area contributed by atoms with Crippen LogP contribution >= 0.6 is 11.3 Å². The number of hydrogen-bond donors (Lipinski definition) is 2. The van der Waals surface area contributed by atoms with Gasteiger partial charge in [0, 0.05) is 18.1 Å². The van der Waals surface area contributed by atoms with Crippen LogP contribution in [-0.4, -0.2) is 65.9 Å². The van der Waals surface area contributed by atoms with Crippen LogP contribution in [0.2, 0.25) is 0 Å². The molecule has 0 aliphatic carbocycles. The summed E-state index contributed by atoms with van der Waals surface area (Å²) in [4.78, 5) is 32.7. The molecule has 0 saturated carbocycles. The van der Waals surface area contributed by atoms with Crippen LogP contribution in [0.5, 0.6) is 0 Å². The predicted octanol–water partition coefficient (Wildman–Crippen LogP) is 3.49. The molecule has 9 nitrogen and oxygen atoms in total. The highest BCUT2D eigenvalue weighted by atomic mass is 32.1. The number of thiazole rings is 1. The molecule has 0 bridgehead atoms. The van der Waals surface area contributed by atoms with E-state index >= 15 is 0 Å². The van der Waals surface area contributed by atoms with Crippen molar-refractivity contribution in [2.45, 2.75) is 18.6 Å². The van der Waals surface area contributed by atoms with Crippen LogP contribution in [0.4, 0.5) is 22.4 Å². The molecule has 2 N–H and O–H groups in total. The number of carbonyl (C=O) groups is 2. The summed E-state index contributed by atoms with van der Waals surface area (Å²) >= 11 is 1.18. The molecule has 3 rings (SSSR count). The first-order valence-corrected chi connectivity index (χ1v) is 10.8. The highest BCUT2D eigenvalue weighted by molar-refractivity contribution is 7.11. The quantitative estimate of drug-likeness (QED) is 0.405. The number of methoxy groups -OCH3 is 1. The molecular formula is C21H20F4N4O5S. The zero-order chi connectivity index (χ0) is 25.8. The minimum atomic E-state index is -4.71. The number of carboxylic acids is 1. The highest BCUT2D eigenvalue weighted by Gasteiger charge is 2.42. The monoisotopic (exact) mass is 516 g/mol. The van der Waals surface area contributed by atoms with E-state index in [0.29, 0.717) is 15.5 Å². The van der Waals surface area contributed by atoms with Gasteiger partial charge in [-0.15, -0.1) is 11.3 Å². The van der Waals surface area contributed by atoms with E-state index in [0.717, 1.165) is 19.2 Å². The molecule has 1 aliphatic heterocycles. The SMILES string of the molecule is COC(=O)OC1=C(CN(CC(=O)O)CC(F)(F)F)NC(c2nccs2)=N[C@@]1(C)c1ccc(F)cc1. The molecule has 0 spiro atoms. The molecule has 1 atom stereocenters. The van der Waals surface area contributed by atoms with Gasteiger partial charge in [0.15, 0.2) is 16.6 Å². The molecule has 2 aromatic rings. The lowest BCUT2D eigenvalue weighted by molar-refractivity contribution is -0.153. The van der Waals surface area contributed by atoms with Crippen LogP contribution in [-0.2, 0) is 19.8 Å². The Bertz CT molecular complexity index is 1140. The summed E-state index contributed by atoms with van der Waals surface area (Å²) in [6.07, 6.45) is -4.40. The van der Waals surface area contributed by atoms with Gasteiger partial charge in [-0.3, -0.25) is 9.69 Å². The molecule has 1 aromatic heterocycles. The number of ether oxygens (including phenoxy) is 2. The third-order valence-electron chi connectivity index (χ3n) is 4.86. The highest BCUT2D eigenvalue weighted by Crippen LogP contribution is 2.39. The van der Waals surface area contributed by atoms with Gasteiger partial charge in [-0.05, 0) is 24.6 Å². The van der Waals surface area contributed by atoms with E-state index < -0.39 is 49.3 Å². The Labute approximate surface area is 200 Å². The molecule has 14 heteroatoms. The molecule has 0 amide bonds. The van der Waals surface area contributed by atoms with Crippen LogP contribution in [0.3, 0.4) is 0 Å². The summed E-state index contributed by atoms with van der Waals surface area (Å²) in [5.74, 6) is -2.14. The van der Waals surface area contributed by atoms with Crippen molar-refractivity contribution in [2.24, 2.45) is 4.99 Å². The topological polar surface area (TPSA) is 113 Å². The Morgan fingerprint density at radius 1 is 1.26 bits per heavy atom. The van der Waals surface area contributed by atoms with Crippen molar-refractivity contribution in [3.8, 4) is 0 Å². The average molecular weight is 516 g/mol. The van der Waals surface area contributed by atoms with Gasteiger partial charge in [0.05, 0.1) is 25.9 Å². The summed E-state index contributed by atoms with van der Waals surface area (Å²) in [6.45, 7) is -1.60. The second-order valence-electron chi connectivity index (χ2n) is 7.52. The van der Waals surface area contributed by atoms with Gasteiger partial charge in [-0.1, -0.05) is 12.1 Å². The van der Waals surface area contributed by atoms with E-state index in [1.165, 1.54) is 36.6 Å². The summed E-state index contributed by atoms with van der Waals surface area (Å²) in [5.41, 5.74) is -1.28. The number of amidine groups is 1. The van der Waals surface area contributed by atoms with Crippen LogP contribution in [0.15, 0.2) is 52.3 Å². The Morgan fingerprint density at radius 3 is 2.49 bits per heavy atom. The third kappa shape index (κ3) is 6.54. The lowest BCUT2D eigenvalue weighted by Gasteiger charge is -2.36. The maximum Gasteiger partial charge on any atom is 0.513 e. The normalized spacial score (nSPS) is 18.2. The largest absolute Gasteiger partial charge is 0.513 e. The van der Waals surface area contributed by atoms with Gasteiger partial charge in [0.2, 0.25) is 0 Å². The second-order valence-corrected chi connectivity index (χ2v) is 8.41. The molecule has 0 radical (unpaired) electrons. The van der Waals surface area contributed by atoms with Crippen LogP contribution in [0, 0.1) is 5.82 Å². The molecule has 188 valence electrons. The molecule has 35 heavy (non-hydrogen) atoms. The van der Waals surface area contributed by atoms with Crippen LogP contribution in [0.25, 0.3) is 0 Å². The number of carboxylic acid groups (broad SMARTS) is 1. The fourth-order valence-corrected chi connectivity index (χ4v) is 4.02. The number of alkyl halides is 3. The molecule has 0 saturated heterocycles. The number of rotatable bonds is 8. The summed E-state index contributed by atoms with van der Waals surface area (Å²) in [6, 6.07) is 5.06. The van der Waals surface area contributed by atoms with Crippen molar-refractivity contribution in [1.82, 2.24) is 15.2 Å². The summed E-state index contributed by atoms with van der Waals surface area (Å²) in [7, 11) is 1.04. The van der Waals surface area contributed by atoms with E-state index in [1.54, 1.807) is 5.38 Å². The first-order chi connectivity index (χ1) is 16.4. The fourth-order valence-electron chi connectivity index (χ4n) is 3.44. The Hall–Kier alpha value is -3.52. The van der Waals surface area contributed by atoms with E-state index in [1.807, 2.05) is 0 Å². The molecule has 2 heterocycles. The lowest BCUT2D eigenvalue weighted by Crippen LogP contribution is -2.46. The number of aromatic nitrogens is 1. The predicted molar refractivity (Wildman–Crippen MR) is 116 cm³/mol. The maximum atomic E-state index is 13.6. The number of nitrogens with zero attached hydrogens (tertiary/aromatic N) is 3. The number of hydrogen-bond acceptors (Lipinski definition) is 9. The van der Waals surface area contributed by atoms with Crippen LogP contribution in [0.1, 0.15) is 17.5 Å². The molecule has 0 unspecified atom stereocenters. The number of nitrogens with one attached hydrogen (secondary N) is 1. The Morgan fingerprint density at radius 2 is 1.94 bits per heavy atom. The number of carbonyl (C=O) groups excluding carboxylic acids is 1. The maximum absolute atomic E-state index is 13.6. The third-order valence-corrected chi connectivity index (χ3v) is 5.64. The molecule has 0 fully saturated rings. The van der Waals surface area contributed by atoms with Crippen molar-refractivity contribution in [1.29, 1.82) is 0 Å². The summed E-state index contributed by atoms with van der Waals surface area (Å²) in [5, 5.41) is 14.0. The first-order valence-electron chi connectivity index (χ1n) is 9.94. The van der Waals surface area contributed by atoms with Crippen molar-refractivity contribution in [3.63, 3.8) is 0 Å². The van der Waals surface area contributed by atoms with Crippen molar-refractivity contribution in [3.05, 3.63) is 63.7 Å². The van der Waals surface area contributed by atoms with Gasteiger partial charge in [-0.2, -0.15) is 13.2 Å². The average Bonchev–Trinajstić information content (AvgIpc) is 3.29. The van der Waals surface area contributed by atoms with Crippen LogP contribution < -0.4 is 5.32 Å². The van der Waals surface area contributed by atoms with Crippen molar-refractivity contribution < 1.29 is 41.7 Å². The van der Waals surface area contributed by atoms with Crippen molar-refractivity contribution in [2.75, 3.05) is 26.7 Å². The molecule has 1 aliphatic rings. The molecular weight excluding hydrogens is 496 g/mol. The van der Waals surface area contributed by atoms with Gasteiger partial charge in [0.25, 0.3) is 0 Å². The van der Waals surface area contributed by atoms with Crippen molar-refractivity contribution >= 4 is 29.3 Å². The van der Waals surface area contributed by atoms with E-state index in [2.05, 4.69) is 20.0 Å². The van der Waals surface area contributed by atoms with Gasteiger partial charge >= 0.3 is 18.3 Å². The van der Waals surface area contributed by atoms with Gasteiger partial charge < -0.3 is 19.9 Å². The lowest BCUT2D eigenvalue weighted by atomic mass is 9.88. The second kappa shape index (κ2) is 10.4. The van der Waals surface area contributed by atoms with E-state index in [9.17, 15) is 27.2 Å². The number of aliphatic imine (C=N–C) groups is 1. The summed E-state index contributed by atoms with van der Waals surface area (Å²) < 4.78 is 63.1. The molecule has 1 aromatic carbocycles. The first kappa shape index (κ1) is 26.1. The number of aliphatic carboxylic acids is 1. The van der Waals surface area contributed by atoms with E-state index in [-0.39, 0.29) is 17.3 Å². The zero-order valence-corrected chi connectivity index (χ0v) is 19.2. The smallest absolute Gasteiger partial charge is 0.480 e. The van der Waals surface area contributed by atoms with Gasteiger partial charge in [0.1, 0.15) is 11.4 Å². The minimum Gasteiger partial charge on any atom is -0.480 e. The van der Waals surface area contributed by atoms with Gasteiger partial charge in [-0.25, -0.2) is 19.2 Å². The Balaban J connectivity index is 2.17. The standard InChI is InChI=1S/C21H20F4N4O5S/c1-20(12-3-5-13(22)6-4-12)16(34-19(32)33-2)14(27-17(28-20)18-26-7-8-35-18)9-29(10-15(30)31)11-21(23,24)25/h3-8H,9-11H2,1-2H3,(H,27,28)(H,30,31)/t20-/m0/s1. The number of benzene rings is 1. The number of halogens is 4. The Kier molecular flexibility index (Phi) is 7.75. The van der Waals surface area contributed by atoms with E-state index in [4.69, 9.17) is 9.84 Å².